The minimum atomic E-state index is -0.687. The Labute approximate surface area is 190 Å². The number of hydrogen-bond donors (Lipinski definition) is 1. The van der Waals surface area contributed by atoms with E-state index in [9.17, 15) is 14.4 Å². The van der Waals surface area contributed by atoms with Crippen LogP contribution in [0.25, 0.3) is 0 Å². The van der Waals surface area contributed by atoms with Gasteiger partial charge in [0.1, 0.15) is 24.3 Å². The third-order valence-electron chi connectivity index (χ3n) is 6.09. The molecular formula is C25H36N2O5. The van der Waals surface area contributed by atoms with Crippen molar-refractivity contribution in [2.75, 3.05) is 6.54 Å². The second-order valence-corrected chi connectivity index (χ2v) is 9.80. The van der Waals surface area contributed by atoms with E-state index in [1.54, 1.807) is 25.7 Å². The zero-order valence-corrected chi connectivity index (χ0v) is 19.5. The number of amides is 2. The van der Waals surface area contributed by atoms with Gasteiger partial charge >= 0.3 is 12.1 Å². The second-order valence-electron chi connectivity index (χ2n) is 9.80. The van der Waals surface area contributed by atoms with Crippen LogP contribution in [0.2, 0.25) is 0 Å². The molecule has 1 aromatic carbocycles. The lowest BCUT2D eigenvalue weighted by Gasteiger charge is -2.34. The Morgan fingerprint density at radius 2 is 1.72 bits per heavy atom. The summed E-state index contributed by atoms with van der Waals surface area (Å²) in [5.41, 5.74) is 0.255. The fourth-order valence-electron chi connectivity index (χ4n) is 4.56. The lowest BCUT2D eigenvalue weighted by Crippen LogP contribution is -2.55. The molecule has 1 N–H and O–H groups in total. The normalized spacial score (nSPS) is 20.5. The number of nitrogens with one attached hydrogen (secondary N) is 1. The van der Waals surface area contributed by atoms with Crippen LogP contribution in [0.5, 0.6) is 0 Å². The molecule has 0 spiro atoms. The summed E-state index contributed by atoms with van der Waals surface area (Å²) in [6, 6.07) is 8.19. The number of carbonyl (C=O) groups is 3. The molecule has 3 rings (SSSR count). The molecule has 0 unspecified atom stereocenters. The maximum absolute atomic E-state index is 13.6. The van der Waals surface area contributed by atoms with Gasteiger partial charge in [0, 0.05) is 6.54 Å². The molecule has 0 aromatic heterocycles. The smallest absolute Gasteiger partial charge is 0.408 e. The molecule has 1 saturated heterocycles. The third-order valence-corrected chi connectivity index (χ3v) is 6.09. The molecular weight excluding hydrogens is 408 g/mol. The molecule has 7 heteroatoms. The van der Waals surface area contributed by atoms with E-state index in [1.165, 1.54) is 0 Å². The van der Waals surface area contributed by atoms with Crippen LogP contribution in [0.1, 0.15) is 71.3 Å². The first-order chi connectivity index (χ1) is 15.2. The average Bonchev–Trinajstić information content (AvgIpc) is 3.25. The molecule has 0 bridgehead atoms. The molecule has 2 atom stereocenters. The first-order valence-electron chi connectivity index (χ1n) is 11.7. The van der Waals surface area contributed by atoms with E-state index >= 15 is 0 Å². The molecule has 0 radical (unpaired) electrons. The monoisotopic (exact) mass is 444 g/mol. The van der Waals surface area contributed by atoms with Gasteiger partial charge in [0.25, 0.3) is 0 Å². The number of hydrogen-bond acceptors (Lipinski definition) is 5. The largest absolute Gasteiger partial charge is 0.459 e. The number of nitrogens with zero attached hydrogens (tertiary/aromatic N) is 1. The van der Waals surface area contributed by atoms with Crippen LogP contribution in [-0.4, -0.2) is 47.1 Å². The number of alkyl carbamates (subject to hydrolysis) is 1. The maximum atomic E-state index is 13.6. The maximum Gasteiger partial charge on any atom is 0.408 e. The van der Waals surface area contributed by atoms with Crippen LogP contribution in [0.3, 0.4) is 0 Å². The van der Waals surface area contributed by atoms with Gasteiger partial charge in [-0.25, -0.2) is 9.59 Å². The Bertz CT molecular complexity index is 783. The fourth-order valence-corrected chi connectivity index (χ4v) is 4.56. The van der Waals surface area contributed by atoms with Crippen molar-refractivity contribution in [3.05, 3.63) is 35.9 Å². The van der Waals surface area contributed by atoms with Crippen molar-refractivity contribution in [1.82, 2.24) is 10.2 Å². The molecule has 1 heterocycles. The number of carbonyl (C=O) groups excluding carboxylic acids is 3. The summed E-state index contributed by atoms with van der Waals surface area (Å²) in [5.74, 6) is -0.549. The molecule has 7 nitrogen and oxygen atoms in total. The van der Waals surface area contributed by atoms with E-state index in [0.717, 1.165) is 44.1 Å². The molecule has 2 amide bonds. The van der Waals surface area contributed by atoms with Crippen molar-refractivity contribution in [2.24, 2.45) is 5.92 Å². The molecule has 1 aliphatic carbocycles. The molecule has 1 aliphatic heterocycles. The predicted molar refractivity (Wildman–Crippen MR) is 121 cm³/mol. The summed E-state index contributed by atoms with van der Waals surface area (Å²) in [6.45, 7) is 6.05. The zero-order chi connectivity index (χ0) is 23.1. The van der Waals surface area contributed by atoms with Crippen LogP contribution in [-0.2, 0) is 25.7 Å². The summed E-state index contributed by atoms with van der Waals surface area (Å²) in [7, 11) is 0. The Hall–Kier alpha value is -2.57. The summed E-state index contributed by atoms with van der Waals surface area (Å²) >= 11 is 0. The van der Waals surface area contributed by atoms with Gasteiger partial charge < -0.3 is 19.7 Å². The van der Waals surface area contributed by atoms with E-state index in [4.69, 9.17) is 9.47 Å². The van der Waals surface area contributed by atoms with E-state index in [0.29, 0.717) is 13.0 Å². The average molecular weight is 445 g/mol. The molecule has 1 aromatic rings. The van der Waals surface area contributed by atoms with Gasteiger partial charge in [-0.2, -0.15) is 0 Å². The van der Waals surface area contributed by atoms with Gasteiger partial charge in [-0.3, -0.25) is 4.79 Å². The minimum absolute atomic E-state index is 0.0466. The van der Waals surface area contributed by atoms with Gasteiger partial charge in [-0.1, -0.05) is 49.6 Å². The summed E-state index contributed by atoms with van der Waals surface area (Å²) in [5, 5.41) is 2.83. The SMILES string of the molecule is CC(C)(C)OC(=O)N[C@H](C(=O)N1CCC[C@H]1C(=O)OCc1ccccc1)C1CCCCC1. The summed E-state index contributed by atoms with van der Waals surface area (Å²) in [4.78, 5) is 40.5. The predicted octanol–water partition coefficient (Wildman–Crippen LogP) is 4.19. The minimum Gasteiger partial charge on any atom is -0.459 e. The molecule has 1 saturated carbocycles. The third kappa shape index (κ3) is 6.71. The van der Waals surface area contributed by atoms with Crippen molar-refractivity contribution in [1.29, 1.82) is 0 Å². The lowest BCUT2D eigenvalue weighted by atomic mass is 9.83. The van der Waals surface area contributed by atoms with Gasteiger partial charge in [-0.05, 0) is 57.9 Å². The zero-order valence-electron chi connectivity index (χ0n) is 19.5. The van der Waals surface area contributed by atoms with Gasteiger partial charge in [-0.15, -0.1) is 0 Å². The second kappa shape index (κ2) is 10.8. The molecule has 32 heavy (non-hydrogen) atoms. The van der Waals surface area contributed by atoms with Crippen molar-refractivity contribution in [3.63, 3.8) is 0 Å². The summed E-state index contributed by atoms with van der Waals surface area (Å²) in [6.07, 6.45) is 5.68. The number of benzene rings is 1. The van der Waals surface area contributed by atoms with Crippen LogP contribution >= 0.6 is 0 Å². The van der Waals surface area contributed by atoms with Crippen molar-refractivity contribution in [2.45, 2.75) is 90.0 Å². The highest BCUT2D eigenvalue weighted by Crippen LogP contribution is 2.30. The molecule has 176 valence electrons. The van der Waals surface area contributed by atoms with E-state index in [1.807, 2.05) is 30.3 Å². The Morgan fingerprint density at radius 1 is 1.03 bits per heavy atom. The Balaban J connectivity index is 1.68. The quantitative estimate of drug-likeness (QED) is 0.665. The van der Waals surface area contributed by atoms with Crippen LogP contribution < -0.4 is 5.32 Å². The molecule has 2 aliphatic rings. The topological polar surface area (TPSA) is 84.9 Å². The Morgan fingerprint density at radius 3 is 2.38 bits per heavy atom. The van der Waals surface area contributed by atoms with Gasteiger partial charge in [0.05, 0.1) is 0 Å². The van der Waals surface area contributed by atoms with Crippen LogP contribution in [0.4, 0.5) is 4.79 Å². The number of rotatable bonds is 6. The fraction of sp³-hybridized carbons (Fsp3) is 0.640. The standard InChI is InChI=1S/C25H36N2O5/c1-25(2,3)32-24(30)26-21(19-13-8-5-9-14-19)22(28)27-16-10-15-20(27)23(29)31-17-18-11-6-4-7-12-18/h4,6-7,11-12,19-21H,5,8-10,13-17H2,1-3H3,(H,26,30)/t20-,21-/m0/s1. The van der Waals surface area contributed by atoms with E-state index in [2.05, 4.69) is 5.32 Å². The van der Waals surface area contributed by atoms with E-state index < -0.39 is 23.8 Å². The first kappa shape index (κ1) is 24.1. The van der Waals surface area contributed by atoms with Gasteiger partial charge in [0.15, 0.2) is 0 Å². The molecule has 2 fully saturated rings. The Kier molecular flexibility index (Phi) is 8.15. The number of likely N-dealkylation sites (tertiary alicyclic amines) is 1. The number of ether oxygens (including phenoxy) is 2. The van der Waals surface area contributed by atoms with Crippen molar-refractivity contribution in [3.8, 4) is 0 Å². The van der Waals surface area contributed by atoms with E-state index in [-0.39, 0.29) is 24.4 Å². The van der Waals surface area contributed by atoms with Crippen molar-refractivity contribution < 1.29 is 23.9 Å². The first-order valence-corrected chi connectivity index (χ1v) is 11.7. The van der Waals surface area contributed by atoms with Crippen LogP contribution in [0, 0.1) is 5.92 Å². The summed E-state index contributed by atoms with van der Waals surface area (Å²) < 4.78 is 10.9. The highest BCUT2D eigenvalue weighted by molar-refractivity contribution is 5.90. The highest BCUT2D eigenvalue weighted by atomic mass is 16.6. The van der Waals surface area contributed by atoms with Crippen LogP contribution in [0.15, 0.2) is 30.3 Å². The van der Waals surface area contributed by atoms with Gasteiger partial charge in [0.2, 0.25) is 5.91 Å². The number of esters is 1. The lowest BCUT2D eigenvalue weighted by molar-refractivity contribution is -0.155. The van der Waals surface area contributed by atoms with Crippen molar-refractivity contribution >= 4 is 18.0 Å². The highest BCUT2D eigenvalue weighted by Gasteiger charge is 2.41.